The molecule has 24 heavy (non-hydrogen) atoms. The Morgan fingerprint density at radius 2 is 2.04 bits per heavy atom. The molecule has 5 nitrogen and oxygen atoms in total. The van der Waals surface area contributed by atoms with E-state index in [1.54, 1.807) is 19.4 Å². The SMILES string of the molecule is COc1cccc(-c2nc(C)c(C(=O)Nc3ccc(C)cn3)s2)c1. The number of nitrogens with one attached hydrogen (secondary N) is 1. The van der Waals surface area contributed by atoms with Gasteiger partial charge < -0.3 is 10.1 Å². The molecule has 0 saturated carbocycles. The second kappa shape index (κ2) is 6.80. The van der Waals surface area contributed by atoms with Gasteiger partial charge in [0.2, 0.25) is 0 Å². The lowest BCUT2D eigenvalue weighted by Crippen LogP contribution is -2.12. The quantitative estimate of drug-likeness (QED) is 0.778. The largest absolute Gasteiger partial charge is 0.497 e. The number of benzene rings is 1. The van der Waals surface area contributed by atoms with E-state index in [0.717, 1.165) is 21.9 Å². The lowest BCUT2D eigenvalue weighted by Gasteiger charge is -2.03. The molecule has 0 aliphatic carbocycles. The first-order valence-corrected chi connectivity index (χ1v) is 8.24. The maximum Gasteiger partial charge on any atom is 0.268 e. The molecule has 0 aliphatic rings. The molecule has 0 aliphatic heterocycles. The average Bonchev–Trinajstić information content (AvgIpc) is 2.99. The van der Waals surface area contributed by atoms with Gasteiger partial charge in [0.15, 0.2) is 0 Å². The standard InChI is InChI=1S/C18H17N3O2S/c1-11-7-8-15(19-10-11)21-17(22)16-12(2)20-18(24-16)13-5-4-6-14(9-13)23-3/h4-10H,1-3H3,(H,19,21,22). The maximum atomic E-state index is 12.5. The van der Waals surface area contributed by atoms with E-state index < -0.39 is 0 Å². The predicted molar refractivity (Wildman–Crippen MR) is 95.8 cm³/mol. The van der Waals surface area contributed by atoms with E-state index in [4.69, 9.17) is 4.74 Å². The summed E-state index contributed by atoms with van der Waals surface area (Å²) in [5.74, 6) is 1.09. The zero-order valence-corrected chi connectivity index (χ0v) is 14.5. The third-order valence-electron chi connectivity index (χ3n) is 3.47. The number of hydrogen-bond donors (Lipinski definition) is 1. The molecule has 3 aromatic rings. The number of anilines is 1. The summed E-state index contributed by atoms with van der Waals surface area (Å²) >= 11 is 1.36. The average molecular weight is 339 g/mol. The highest BCUT2D eigenvalue weighted by Gasteiger charge is 2.17. The minimum absolute atomic E-state index is 0.199. The maximum absolute atomic E-state index is 12.5. The number of aryl methyl sites for hydroxylation is 2. The van der Waals surface area contributed by atoms with E-state index in [0.29, 0.717) is 16.4 Å². The number of thiazole rings is 1. The van der Waals surface area contributed by atoms with Crippen LogP contribution in [-0.2, 0) is 0 Å². The van der Waals surface area contributed by atoms with Crippen LogP contribution in [0, 0.1) is 13.8 Å². The van der Waals surface area contributed by atoms with Crippen molar-refractivity contribution in [1.29, 1.82) is 0 Å². The molecule has 1 amide bonds. The van der Waals surface area contributed by atoms with Gasteiger partial charge >= 0.3 is 0 Å². The fourth-order valence-electron chi connectivity index (χ4n) is 2.20. The normalized spacial score (nSPS) is 10.5. The van der Waals surface area contributed by atoms with Gasteiger partial charge in [0.1, 0.15) is 21.5 Å². The van der Waals surface area contributed by atoms with Gasteiger partial charge in [-0.15, -0.1) is 11.3 Å². The molecule has 0 spiro atoms. The number of carbonyl (C=O) groups excluding carboxylic acids is 1. The summed E-state index contributed by atoms with van der Waals surface area (Å²) in [5, 5.41) is 3.59. The monoisotopic (exact) mass is 339 g/mol. The van der Waals surface area contributed by atoms with Crippen LogP contribution in [0.1, 0.15) is 20.9 Å². The Balaban J connectivity index is 1.85. The summed E-state index contributed by atoms with van der Waals surface area (Å²) in [6.07, 6.45) is 1.72. The zero-order valence-electron chi connectivity index (χ0n) is 13.7. The van der Waals surface area contributed by atoms with Crippen molar-refractivity contribution in [2.75, 3.05) is 12.4 Å². The van der Waals surface area contributed by atoms with Gasteiger partial charge in [0.25, 0.3) is 5.91 Å². The van der Waals surface area contributed by atoms with Crippen LogP contribution in [0.4, 0.5) is 5.82 Å². The minimum Gasteiger partial charge on any atom is -0.497 e. The lowest BCUT2D eigenvalue weighted by atomic mass is 10.2. The topological polar surface area (TPSA) is 64.1 Å². The van der Waals surface area contributed by atoms with Gasteiger partial charge in [-0.05, 0) is 37.6 Å². The fourth-order valence-corrected chi connectivity index (χ4v) is 3.16. The molecule has 0 radical (unpaired) electrons. The van der Waals surface area contributed by atoms with Crippen molar-refractivity contribution in [3.8, 4) is 16.3 Å². The number of aromatic nitrogens is 2. The lowest BCUT2D eigenvalue weighted by molar-refractivity contribution is 0.102. The molecular formula is C18H17N3O2S. The molecule has 2 aromatic heterocycles. The van der Waals surface area contributed by atoms with Crippen LogP contribution >= 0.6 is 11.3 Å². The van der Waals surface area contributed by atoms with Crippen LogP contribution in [0.15, 0.2) is 42.6 Å². The number of rotatable bonds is 4. The fraction of sp³-hybridized carbons (Fsp3) is 0.167. The molecule has 0 fully saturated rings. The highest BCUT2D eigenvalue weighted by Crippen LogP contribution is 2.30. The van der Waals surface area contributed by atoms with Gasteiger partial charge in [-0.2, -0.15) is 0 Å². The van der Waals surface area contributed by atoms with E-state index in [2.05, 4.69) is 15.3 Å². The van der Waals surface area contributed by atoms with Crippen LogP contribution in [-0.4, -0.2) is 23.0 Å². The van der Waals surface area contributed by atoms with Crippen molar-refractivity contribution in [1.82, 2.24) is 9.97 Å². The number of methoxy groups -OCH3 is 1. The molecule has 1 N–H and O–H groups in total. The van der Waals surface area contributed by atoms with Crippen molar-refractivity contribution in [3.63, 3.8) is 0 Å². The van der Waals surface area contributed by atoms with Gasteiger partial charge in [-0.1, -0.05) is 18.2 Å². The van der Waals surface area contributed by atoms with Crippen LogP contribution in [0.25, 0.3) is 10.6 Å². The Labute approximate surface area is 144 Å². The summed E-state index contributed by atoms with van der Waals surface area (Å²) in [6, 6.07) is 11.3. The number of ether oxygens (including phenoxy) is 1. The van der Waals surface area contributed by atoms with Crippen molar-refractivity contribution in [2.24, 2.45) is 0 Å². The van der Waals surface area contributed by atoms with Crippen molar-refractivity contribution >= 4 is 23.1 Å². The number of pyridine rings is 1. The second-order valence-corrected chi connectivity index (χ2v) is 6.34. The summed E-state index contributed by atoms with van der Waals surface area (Å²) < 4.78 is 5.24. The molecule has 2 heterocycles. The highest BCUT2D eigenvalue weighted by atomic mass is 32.1. The molecule has 6 heteroatoms. The molecular weight excluding hydrogens is 322 g/mol. The molecule has 122 valence electrons. The third kappa shape index (κ3) is 3.44. The van der Waals surface area contributed by atoms with E-state index in [1.165, 1.54) is 11.3 Å². The Morgan fingerprint density at radius 1 is 1.21 bits per heavy atom. The molecule has 0 atom stereocenters. The first kappa shape index (κ1) is 16.1. The predicted octanol–water partition coefficient (Wildman–Crippen LogP) is 4.08. The molecule has 0 unspecified atom stereocenters. The number of amides is 1. The number of nitrogens with zero attached hydrogens (tertiary/aromatic N) is 2. The Kier molecular flexibility index (Phi) is 4.57. The Bertz CT molecular complexity index is 872. The van der Waals surface area contributed by atoms with Crippen LogP contribution in [0.3, 0.4) is 0 Å². The summed E-state index contributed by atoms with van der Waals surface area (Å²) in [4.78, 5) is 21.8. The minimum atomic E-state index is -0.199. The van der Waals surface area contributed by atoms with Gasteiger partial charge in [0, 0.05) is 11.8 Å². The first-order chi connectivity index (χ1) is 11.6. The van der Waals surface area contributed by atoms with E-state index >= 15 is 0 Å². The number of carbonyl (C=O) groups is 1. The molecule has 3 rings (SSSR count). The third-order valence-corrected chi connectivity index (χ3v) is 4.68. The van der Waals surface area contributed by atoms with Crippen LogP contribution in [0.2, 0.25) is 0 Å². The van der Waals surface area contributed by atoms with Gasteiger partial charge in [-0.3, -0.25) is 4.79 Å². The van der Waals surface area contributed by atoms with Crippen LogP contribution < -0.4 is 10.1 Å². The van der Waals surface area contributed by atoms with Crippen LogP contribution in [0.5, 0.6) is 5.75 Å². The number of hydrogen-bond acceptors (Lipinski definition) is 5. The summed E-state index contributed by atoms with van der Waals surface area (Å²) in [7, 11) is 1.62. The van der Waals surface area contributed by atoms with Gasteiger partial charge in [-0.25, -0.2) is 9.97 Å². The molecule has 0 bridgehead atoms. The van der Waals surface area contributed by atoms with Crippen molar-refractivity contribution < 1.29 is 9.53 Å². The first-order valence-electron chi connectivity index (χ1n) is 7.42. The van der Waals surface area contributed by atoms with E-state index in [1.807, 2.05) is 44.2 Å². The molecule has 1 aromatic carbocycles. The summed E-state index contributed by atoms with van der Waals surface area (Å²) in [5.41, 5.74) is 2.67. The van der Waals surface area contributed by atoms with E-state index in [-0.39, 0.29) is 5.91 Å². The van der Waals surface area contributed by atoms with Gasteiger partial charge in [0.05, 0.1) is 12.8 Å². The van der Waals surface area contributed by atoms with E-state index in [9.17, 15) is 4.79 Å². The van der Waals surface area contributed by atoms with Crippen molar-refractivity contribution in [2.45, 2.75) is 13.8 Å². The smallest absolute Gasteiger partial charge is 0.268 e. The van der Waals surface area contributed by atoms with Crippen molar-refractivity contribution in [3.05, 3.63) is 58.7 Å². The summed E-state index contributed by atoms with van der Waals surface area (Å²) in [6.45, 7) is 3.78. The zero-order chi connectivity index (χ0) is 17.1. The molecule has 0 saturated heterocycles. The highest BCUT2D eigenvalue weighted by molar-refractivity contribution is 7.17. The Hall–Kier alpha value is -2.73. The second-order valence-electron chi connectivity index (χ2n) is 5.34. The Morgan fingerprint density at radius 3 is 2.75 bits per heavy atom.